The molecule has 0 amide bonds. The van der Waals surface area contributed by atoms with Crippen molar-refractivity contribution < 1.29 is 13.2 Å². The molecule has 0 aliphatic carbocycles. The van der Waals surface area contributed by atoms with Crippen LogP contribution in [-0.4, -0.2) is 34.5 Å². The number of hydrogen-bond donors (Lipinski definition) is 1. The summed E-state index contributed by atoms with van der Waals surface area (Å²) in [5, 5.41) is 12.0. The van der Waals surface area contributed by atoms with E-state index in [0.717, 1.165) is 16.3 Å². The largest absolute Gasteiger partial charge is 0.453 e. The Morgan fingerprint density at radius 2 is 2.00 bits per heavy atom. The summed E-state index contributed by atoms with van der Waals surface area (Å²) < 4.78 is 40.6. The number of aryl methyl sites for hydroxylation is 2. The van der Waals surface area contributed by atoms with Crippen LogP contribution in [0.5, 0.6) is 0 Å². The van der Waals surface area contributed by atoms with Gasteiger partial charge in [-0.1, -0.05) is 6.92 Å². The van der Waals surface area contributed by atoms with E-state index in [-0.39, 0.29) is 5.78 Å². The Kier molecular flexibility index (Phi) is 3.62. The molecule has 0 spiro atoms. The van der Waals surface area contributed by atoms with E-state index in [9.17, 15) is 13.2 Å². The van der Waals surface area contributed by atoms with Gasteiger partial charge in [0.15, 0.2) is 5.82 Å². The maximum Gasteiger partial charge on any atom is 0.453 e. The van der Waals surface area contributed by atoms with Crippen LogP contribution in [0.25, 0.3) is 5.78 Å². The molecule has 3 aromatic rings. The Labute approximate surface area is 131 Å². The first-order chi connectivity index (χ1) is 10.8. The number of fused-ring (bicyclic) bond motifs is 1. The first-order valence-electron chi connectivity index (χ1n) is 6.48. The zero-order valence-corrected chi connectivity index (χ0v) is 12.9. The molecular weight excluding hydrogens is 333 g/mol. The lowest BCUT2D eigenvalue weighted by Crippen LogP contribution is -2.13. The Bertz CT molecular complexity index is 868. The average Bonchev–Trinajstić information content (AvgIpc) is 3.03. The number of hydrogen-bond acceptors (Lipinski definition) is 7. The number of nitrogen functional groups attached to an aromatic ring is 1. The monoisotopic (exact) mass is 344 g/mol. The second-order valence-corrected chi connectivity index (χ2v) is 5.59. The molecule has 0 aromatic carbocycles. The fourth-order valence-electron chi connectivity index (χ4n) is 1.86. The highest BCUT2D eigenvalue weighted by Crippen LogP contribution is 2.30. The highest BCUT2D eigenvalue weighted by atomic mass is 32.2. The van der Waals surface area contributed by atoms with E-state index < -0.39 is 12.0 Å². The van der Waals surface area contributed by atoms with Gasteiger partial charge in [-0.25, -0.2) is 9.66 Å². The van der Waals surface area contributed by atoms with Crippen LogP contribution in [0.2, 0.25) is 0 Å². The molecule has 23 heavy (non-hydrogen) atoms. The molecule has 0 atom stereocenters. The Hall–Kier alpha value is -2.37. The average molecular weight is 344 g/mol. The highest BCUT2D eigenvalue weighted by Gasteiger charge is 2.37. The van der Waals surface area contributed by atoms with Crippen molar-refractivity contribution in [2.45, 2.75) is 36.6 Å². The van der Waals surface area contributed by atoms with Gasteiger partial charge in [-0.3, -0.25) is 0 Å². The second kappa shape index (κ2) is 5.37. The van der Waals surface area contributed by atoms with Crippen LogP contribution in [0.1, 0.15) is 24.3 Å². The van der Waals surface area contributed by atoms with Gasteiger partial charge in [0.25, 0.3) is 11.6 Å². The normalized spacial score (nSPS) is 12.2. The van der Waals surface area contributed by atoms with Crippen molar-refractivity contribution >= 4 is 17.5 Å². The fourth-order valence-corrected chi connectivity index (χ4v) is 2.77. The highest BCUT2D eigenvalue weighted by molar-refractivity contribution is 7.99. The summed E-state index contributed by atoms with van der Waals surface area (Å²) in [5.74, 6) is 5.02. The van der Waals surface area contributed by atoms with Gasteiger partial charge in [-0.15, -0.1) is 15.3 Å². The Morgan fingerprint density at radius 3 is 2.61 bits per heavy atom. The van der Waals surface area contributed by atoms with Gasteiger partial charge in [0, 0.05) is 12.1 Å². The smallest absolute Gasteiger partial charge is 0.336 e. The Morgan fingerprint density at radius 1 is 1.26 bits per heavy atom. The maximum absolute atomic E-state index is 12.8. The van der Waals surface area contributed by atoms with Crippen LogP contribution < -0.4 is 5.84 Å². The summed E-state index contributed by atoms with van der Waals surface area (Å²) in [6, 6.07) is 1.58. The zero-order valence-electron chi connectivity index (χ0n) is 12.0. The lowest BCUT2D eigenvalue weighted by molar-refractivity contribution is -0.144. The van der Waals surface area contributed by atoms with Gasteiger partial charge in [0.05, 0.1) is 0 Å². The third-order valence-electron chi connectivity index (χ3n) is 2.91. The van der Waals surface area contributed by atoms with Crippen LogP contribution >= 0.6 is 11.8 Å². The standard InChI is InChI=1S/C11H11F3N8S/c1-3-6-18-19-10(21(6)15)23-7-4-5(2)16-9-17-8(11(12,13)14)20-22(7)9/h4H,3,15H2,1-2H3. The SMILES string of the molecule is CCc1nnc(Sc2cc(C)nc3nc(C(F)(F)F)nn23)n1N. The van der Waals surface area contributed by atoms with E-state index in [4.69, 9.17) is 5.84 Å². The fraction of sp³-hybridized carbons (Fsp3) is 0.364. The van der Waals surface area contributed by atoms with E-state index in [2.05, 4.69) is 25.3 Å². The molecule has 0 aliphatic rings. The molecule has 3 rings (SSSR count). The number of nitrogens with zero attached hydrogens (tertiary/aromatic N) is 7. The molecule has 3 heterocycles. The summed E-state index contributed by atoms with van der Waals surface area (Å²) >= 11 is 1.04. The molecule has 0 unspecified atom stereocenters. The van der Waals surface area contributed by atoms with E-state index in [1.165, 1.54) is 4.68 Å². The molecule has 0 fully saturated rings. The molecule has 0 saturated carbocycles. The molecule has 0 saturated heterocycles. The predicted molar refractivity (Wildman–Crippen MR) is 74.2 cm³/mol. The number of rotatable bonds is 3. The number of alkyl halides is 3. The molecule has 0 bridgehead atoms. The molecule has 0 radical (unpaired) electrons. The number of aromatic nitrogens is 7. The van der Waals surface area contributed by atoms with Gasteiger partial charge < -0.3 is 5.84 Å². The van der Waals surface area contributed by atoms with Gasteiger partial charge in [-0.05, 0) is 24.8 Å². The van der Waals surface area contributed by atoms with Crippen LogP contribution in [-0.2, 0) is 12.6 Å². The zero-order chi connectivity index (χ0) is 16.8. The van der Waals surface area contributed by atoms with Gasteiger partial charge in [-0.2, -0.15) is 22.7 Å². The molecule has 3 aromatic heterocycles. The van der Waals surface area contributed by atoms with E-state index in [1.807, 2.05) is 6.92 Å². The van der Waals surface area contributed by atoms with Gasteiger partial charge in [0.1, 0.15) is 5.03 Å². The third-order valence-corrected chi connectivity index (χ3v) is 3.87. The molecule has 122 valence electrons. The molecular formula is C11H11F3N8S. The first kappa shape index (κ1) is 15.5. The maximum atomic E-state index is 12.8. The summed E-state index contributed by atoms with van der Waals surface area (Å²) in [4.78, 5) is 7.38. The quantitative estimate of drug-likeness (QED) is 0.567. The van der Waals surface area contributed by atoms with Crippen LogP contribution in [0.3, 0.4) is 0 Å². The minimum atomic E-state index is -4.65. The second-order valence-electron chi connectivity index (χ2n) is 4.61. The van der Waals surface area contributed by atoms with E-state index in [0.29, 0.717) is 28.1 Å². The van der Waals surface area contributed by atoms with Crippen LogP contribution in [0.4, 0.5) is 13.2 Å². The van der Waals surface area contributed by atoms with Gasteiger partial charge >= 0.3 is 6.18 Å². The molecule has 8 nitrogen and oxygen atoms in total. The lowest BCUT2D eigenvalue weighted by Gasteiger charge is -2.04. The topological polar surface area (TPSA) is 99.8 Å². The van der Waals surface area contributed by atoms with Crippen molar-refractivity contribution in [3.8, 4) is 0 Å². The molecule has 2 N–H and O–H groups in total. The van der Waals surface area contributed by atoms with Crippen molar-refractivity contribution in [3.05, 3.63) is 23.4 Å². The minimum Gasteiger partial charge on any atom is -0.336 e. The van der Waals surface area contributed by atoms with Crippen molar-refractivity contribution in [2.24, 2.45) is 0 Å². The van der Waals surface area contributed by atoms with Gasteiger partial charge in [0.2, 0.25) is 5.16 Å². The molecule has 0 aliphatic heterocycles. The lowest BCUT2D eigenvalue weighted by atomic mass is 10.5. The van der Waals surface area contributed by atoms with E-state index in [1.54, 1.807) is 13.0 Å². The summed E-state index contributed by atoms with van der Waals surface area (Å²) in [6.07, 6.45) is -4.07. The number of halogens is 3. The van der Waals surface area contributed by atoms with Crippen molar-refractivity contribution in [2.75, 3.05) is 5.84 Å². The van der Waals surface area contributed by atoms with Crippen molar-refractivity contribution in [1.29, 1.82) is 0 Å². The van der Waals surface area contributed by atoms with Crippen LogP contribution in [0.15, 0.2) is 16.2 Å². The summed E-state index contributed by atoms with van der Waals surface area (Å²) in [5.41, 5.74) is 0.500. The summed E-state index contributed by atoms with van der Waals surface area (Å²) in [6.45, 7) is 3.51. The van der Waals surface area contributed by atoms with Crippen molar-refractivity contribution in [1.82, 2.24) is 34.5 Å². The molecule has 12 heteroatoms. The summed E-state index contributed by atoms with van der Waals surface area (Å²) in [7, 11) is 0. The Balaban J connectivity index is 2.09. The third kappa shape index (κ3) is 2.81. The predicted octanol–water partition coefficient (Wildman–Crippen LogP) is 1.47. The van der Waals surface area contributed by atoms with E-state index >= 15 is 0 Å². The number of nitrogens with two attached hydrogens (primary N) is 1. The van der Waals surface area contributed by atoms with Crippen molar-refractivity contribution in [3.63, 3.8) is 0 Å². The van der Waals surface area contributed by atoms with Crippen LogP contribution in [0, 0.1) is 6.92 Å². The first-order valence-corrected chi connectivity index (χ1v) is 7.30. The minimum absolute atomic E-state index is 0.140.